The highest BCUT2D eigenvalue weighted by molar-refractivity contribution is 5.48. The topological polar surface area (TPSA) is 63.0 Å². The molecular weight excluding hydrogens is 240 g/mol. The van der Waals surface area contributed by atoms with Crippen molar-refractivity contribution in [2.45, 2.75) is 33.7 Å². The monoisotopic (exact) mass is 260 g/mol. The van der Waals surface area contributed by atoms with Crippen LogP contribution in [0.5, 0.6) is 0 Å². The minimum absolute atomic E-state index is 0.0671. The molecule has 0 aromatic carbocycles. The van der Waals surface area contributed by atoms with E-state index in [9.17, 15) is 0 Å². The van der Waals surface area contributed by atoms with Gasteiger partial charge in [0.1, 0.15) is 29.0 Å². The van der Waals surface area contributed by atoms with Crippen LogP contribution < -0.4 is 10.6 Å². The quantitative estimate of drug-likeness (QED) is 0.863. The Morgan fingerprint density at radius 2 is 1.95 bits per heavy atom. The van der Waals surface area contributed by atoms with Gasteiger partial charge in [-0.1, -0.05) is 0 Å². The van der Waals surface area contributed by atoms with Crippen LogP contribution in [0.15, 0.2) is 22.6 Å². The summed E-state index contributed by atoms with van der Waals surface area (Å²) >= 11 is 0. The predicted molar refractivity (Wildman–Crippen MR) is 76.4 cm³/mol. The number of hydrogen-bond acceptors (Lipinski definition) is 5. The fourth-order valence-electron chi connectivity index (χ4n) is 1.89. The molecule has 0 aliphatic rings. The Morgan fingerprint density at radius 3 is 2.58 bits per heavy atom. The van der Waals surface area contributed by atoms with Crippen molar-refractivity contribution >= 4 is 11.6 Å². The molecule has 2 N–H and O–H groups in total. The fraction of sp³-hybridized carbons (Fsp3) is 0.429. The van der Waals surface area contributed by atoms with Gasteiger partial charge in [-0.25, -0.2) is 9.97 Å². The number of rotatable bonds is 5. The molecule has 0 aliphatic heterocycles. The zero-order valence-corrected chi connectivity index (χ0v) is 11.8. The van der Waals surface area contributed by atoms with Crippen molar-refractivity contribution in [3.05, 3.63) is 35.5 Å². The standard InChI is InChI=1S/C14H20N4O/c1-5-15-13-8-14(18-11(4)17-13)16-10(3)12-7-6-9(2)19-12/h6-8,10H,5H2,1-4H3,(H2,15,16,17,18). The van der Waals surface area contributed by atoms with E-state index >= 15 is 0 Å². The fourth-order valence-corrected chi connectivity index (χ4v) is 1.89. The second-order valence-corrected chi connectivity index (χ2v) is 4.53. The van der Waals surface area contributed by atoms with Crippen molar-refractivity contribution < 1.29 is 4.42 Å². The number of furan rings is 1. The Labute approximate surface area is 113 Å². The summed E-state index contributed by atoms with van der Waals surface area (Å²) < 4.78 is 5.60. The lowest BCUT2D eigenvalue weighted by molar-refractivity contribution is 0.466. The Kier molecular flexibility index (Phi) is 4.04. The minimum Gasteiger partial charge on any atom is -0.464 e. The Balaban J connectivity index is 2.14. The molecule has 0 saturated carbocycles. The molecule has 19 heavy (non-hydrogen) atoms. The van der Waals surface area contributed by atoms with Crippen molar-refractivity contribution in [3.8, 4) is 0 Å². The summed E-state index contributed by atoms with van der Waals surface area (Å²) in [5.41, 5.74) is 0. The van der Waals surface area contributed by atoms with Gasteiger partial charge in [-0.05, 0) is 39.8 Å². The zero-order valence-electron chi connectivity index (χ0n) is 11.8. The maximum atomic E-state index is 5.60. The van der Waals surface area contributed by atoms with Crippen LogP contribution in [0, 0.1) is 13.8 Å². The first-order chi connectivity index (χ1) is 9.08. The van der Waals surface area contributed by atoms with E-state index in [1.807, 2.05) is 45.9 Å². The molecule has 0 spiro atoms. The second kappa shape index (κ2) is 5.73. The number of hydrogen-bond donors (Lipinski definition) is 2. The Hall–Kier alpha value is -2.04. The summed E-state index contributed by atoms with van der Waals surface area (Å²) in [6.07, 6.45) is 0. The van der Waals surface area contributed by atoms with E-state index < -0.39 is 0 Å². The molecule has 1 unspecified atom stereocenters. The zero-order chi connectivity index (χ0) is 13.8. The first kappa shape index (κ1) is 13.4. The van der Waals surface area contributed by atoms with Gasteiger partial charge in [0, 0.05) is 12.6 Å². The maximum Gasteiger partial charge on any atom is 0.132 e. The summed E-state index contributed by atoms with van der Waals surface area (Å²) in [4.78, 5) is 8.71. The van der Waals surface area contributed by atoms with Crippen molar-refractivity contribution in [1.29, 1.82) is 0 Å². The van der Waals surface area contributed by atoms with Crippen LogP contribution >= 0.6 is 0 Å². The number of nitrogens with zero attached hydrogens (tertiary/aromatic N) is 2. The van der Waals surface area contributed by atoms with Crippen molar-refractivity contribution in [1.82, 2.24) is 9.97 Å². The smallest absolute Gasteiger partial charge is 0.132 e. The third-order valence-corrected chi connectivity index (χ3v) is 2.75. The normalized spacial score (nSPS) is 12.2. The molecule has 0 bridgehead atoms. The lowest BCUT2D eigenvalue weighted by atomic mass is 10.2. The summed E-state index contributed by atoms with van der Waals surface area (Å²) in [6.45, 7) is 8.74. The lowest BCUT2D eigenvalue weighted by Gasteiger charge is -2.13. The molecule has 0 saturated heterocycles. The first-order valence-electron chi connectivity index (χ1n) is 6.51. The maximum absolute atomic E-state index is 5.60. The molecule has 2 heterocycles. The second-order valence-electron chi connectivity index (χ2n) is 4.53. The van der Waals surface area contributed by atoms with E-state index in [2.05, 4.69) is 20.6 Å². The van der Waals surface area contributed by atoms with Gasteiger partial charge in [-0.3, -0.25) is 0 Å². The van der Waals surface area contributed by atoms with Crippen molar-refractivity contribution in [2.75, 3.05) is 17.2 Å². The number of nitrogens with one attached hydrogen (secondary N) is 2. The van der Waals surface area contributed by atoms with Crippen LogP contribution in [0.2, 0.25) is 0 Å². The average molecular weight is 260 g/mol. The number of aryl methyl sites for hydroxylation is 2. The Bertz CT molecular complexity index is 550. The predicted octanol–water partition coefficient (Wildman–Crippen LogP) is 3.29. The van der Waals surface area contributed by atoms with E-state index in [-0.39, 0.29) is 6.04 Å². The summed E-state index contributed by atoms with van der Waals surface area (Å²) in [6, 6.07) is 5.91. The average Bonchev–Trinajstić information content (AvgIpc) is 2.75. The van der Waals surface area contributed by atoms with Crippen LogP contribution in [0.3, 0.4) is 0 Å². The number of aromatic nitrogens is 2. The highest BCUT2D eigenvalue weighted by Crippen LogP contribution is 2.21. The van der Waals surface area contributed by atoms with Crippen LogP contribution in [0.25, 0.3) is 0 Å². The lowest BCUT2D eigenvalue weighted by Crippen LogP contribution is -2.09. The van der Waals surface area contributed by atoms with Gasteiger partial charge in [0.25, 0.3) is 0 Å². The van der Waals surface area contributed by atoms with E-state index in [0.29, 0.717) is 0 Å². The van der Waals surface area contributed by atoms with Gasteiger partial charge in [0.15, 0.2) is 0 Å². The van der Waals surface area contributed by atoms with Gasteiger partial charge in [-0.2, -0.15) is 0 Å². The molecule has 0 aliphatic carbocycles. The highest BCUT2D eigenvalue weighted by Gasteiger charge is 2.11. The van der Waals surface area contributed by atoms with E-state index in [1.165, 1.54) is 0 Å². The van der Waals surface area contributed by atoms with Crippen molar-refractivity contribution in [3.63, 3.8) is 0 Å². The molecule has 0 radical (unpaired) electrons. The molecule has 5 heteroatoms. The molecule has 2 aromatic rings. The van der Waals surface area contributed by atoms with Crippen LogP contribution in [-0.4, -0.2) is 16.5 Å². The van der Waals surface area contributed by atoms with Crippen LogP contribution in [0.1, 0.15) is 37.2 Å². The van der Waals surface area contributed by atoms with E-state index in [0.717, 1.165) is 35.5 Å². The molecule has 2 aromatic heterocycles. The summed E-state index contributed by atoms with van der Waals surface area (Å²) in [5, 5.41) is 6.52. The summed E-state index contributed by atoms with van der Waals surface area (Å²) in [7, 11) is 0. The summed E-state index contributed by atoms with van der Waals surface area (Å²) in [5.74, 6) is 4.18. The van der Waals surface area contributed by atoms with Gasteiger partial charge in [0.05, 0.1) is 6.04 Å². The number of anilines is 2. The van der Waals surface area contributed by atoms with Gasteiger partial charge in [0.2, 0.25) is 0 Å². The third kappa shape index (κ3) is 3.47. The van der Waals surface area contributed by atoms with Crippen molar-refractivity contribution in [2.24, 2.45) is 0 Å². The molecule has 5 nitrogen and oxygen atoms in total. The van der Waals surface area contributed by atoms with E-state index in [1.54, 1.807) is 0 Å². The van der Waals surface area contributed by atoms with Gasteiger partial charge < -0.3 is 15.1 Å². The minimum atomic E-state index is 0.0671. The largest absolute Gasteiger partial charge is 0.464 e. The molecule has 0 fully saturated rings. The molecule has 1 atom stereocenters. The van der Waals surface area contributed by atoms with Crippen LogP contribution in [-0.2, 0) is 0 Å². The third-order valence-electron chi connectivity index (χ3n) is 2.75. The molecule has 0 amide bonds. The van der Waals surface area contributed by atoms with Gasteiger partial charge >= 0.3 is 0 Å². The van der Waals surface area contributed by atoms with Crippen LogP contribution in [0.4, 0.5) is 11.6 Å². The first-order valence-corrected chi connectivity index (χ1v) is 6.51. The molecular formula is C14H20N4O. The molecule has 102 valence electrons. The van der Waals surface area contributed by atoms with Gasteiger partial charge in [-0.15, -0.1) is 0 Å². The van der Waals surface area contributed by atoms with E-state index in [4.69, 9.17) is 4.42 Å². The SMILES string of the molecule is CCNc1cc(NC(C)c2ccc(C)o2)nc(C)n1. The highest BCUT2D eigenvalue weighted by atomic mass is 16.3. The molecule has 2 rings (SSSR count). The Morgan fingerprint density at radius 1 is 1.21 bits per heavy atom.